The standard InChI is InChI=1S/C16H28N4O8S/c1-6(2)12(20-14(25)11(17)7(3)21)15(26)18-8(4-10(22)23)13(24)19-9(5-29)16(27)28/h6-9,11-12,21,29H,4-5,17H2,1-3H3,(H,18,26)(H,19,24)(H,20,25)(H,22,23)(H,27,28). The van der Waals surface area contributed by atoms with Gasteiger partial charge >= 0.3 is 11.9 Å². The maximum Gasteiger partial charge on any atom is 0.327 e. The molecule has 0 aromatic rings. The van der Waals surface area contributed by atoms with Gasteiger partial charge in [-0.05, 0) is 12.8 Å². The molecule has 0 aliphatic heterocycles. The monoisotopic (exact) mass is 436 g/mol. The Labute approximate surface area is 173 Å². The molecule has 8 N–H and O–H groups in total. The molecule has 12 nitrogen and oxygen atoms in total. The van der Waals surface area contributed by atoms with Crippen LogP contribution in [0.5, 0.6) is 0 Å². The number of carboxylic acids is 2. The summed E-state index contributed by atoms with van der Waals surface area (Å²) in [6, 6.07) is -5.46. The second-order valence-corrected chi connectivity index (χ2v) is 7.10. The van der Waals surface area contributed by atoms with E-state index in [-0.39, 0.29) is 5.75 Å². The molecule has 3 amide bonds. The van der Waals surface area contributed by atoms with E-state index in [1.807, 2.05) is 0 Å². The average molecular weight is 436 g/mol. The fourth-order valence-corrected chi connectivity index (χ4v) is 2.35. The molecule has 29 heavy (non-hydrogen) atoms. The summed E-state index contributed by atoms with van der Waals surface area (Å²) in [5.74, 6) is -6.23. The van der Waals surface area contributed by atoms with Gasteiger partial charge in [0.2, 0.25) is 17.7 Å². The summed E-state index contributed by atoms with van der Waals surface area (Å²) in [5.41, 5.74) is 5.52. The number of aliphatic carboxylic acids is 2. The summed E-state index contributed by atoms with van der Waals surface area (Å²) >= 11 is 3.79. The lowest BCUT2D eigenvalue weighted by atomic mass is 10.0. The number of amides is 3. The molecule has 0 aliphatic rings. The molecule has 0 bridgehead atoms. The fraction of sp³-hybridized carbons (Fsp3) is 0.688. The van der Waals surface area contributed by atoms with Gasteiger partial charge in [0.1, 0.15) is 24.2 Å². The first-order valence-corrected chi connectivity index (χ1v) is 9.35. The number of carbonyl (C=O) groups is 5. The Morgan fingerprint density at radius 2 is 1.41 bits per heavy atom. The minimum atomic E-state index is -1.59. The van der Waals surface area contributed by atoms with Crippen LogP contribution in [0.25, 0.3) is 0 Å². The predicted octanol–water partition coefficient (Wildman–Crippen LogP) is -2.71. The molecule has 0 saturated heterocycles. The Morgan fingerprint density at radius 3 is 1.79 bits per heavy atom. The second-order valence-electron chi connectivity index (χ2n) is 6.74. The number of hydrogen-bond donors (Lipinski definition) is 8. The molecule has 0 heterocycles. The van der Waals surface area contributed by atoms with Gasteiger partial charge < -0.3 is 37.0 Å². The van der Waals surface area contributed by atoms with Crippen LogP contribution in [0.2, 0.25) is 0 Å². The van der Waals surface area contributed by atoms with E-state index in [9.17, 15) is 29.1 Å². The summed E-state index contributed by atoms with van der Waals surface area (Å²) in [5, 5.41) is 34.0. The Hall–Kier alpha value is -2.38. The summed E-state index contributed by atoms with van der Waals surface area (Å²) in [7, 11) is 0. The van der Waals surface area contributed by atoms with Crippen molar-refractivity contribution in [1.82, 2.24) is 16.0 Å². The van der Waals surface area contributed by atoms with Crippen molar-refractivity contribution in [2.75, 3.05) is 5.75 Å². The number of aliphatic hydroxyl groups is 1. The average Bonchev–Trinajstić information content (AvgIpc) is 2.61. The summed E-state index contributed by atoms with van der Waals surface area (Å²) < 4.78 is 0. The third-order valence-electron chi connectivity index (χ3n) is 3.88. The van der Waals surface area contributed by atoms with Crippen molar-refractivity contribution in [3.05, 3.63) is 0 Å². The number of hydrogen-bond acceptors (Lipinski definition) is 8. The highest BCUT2D eigenvalue weighted by Gasteiger charge is 2.33. The zero-order chi connectivity index (χ0) is 22.9. The summed E-state index contributed by atoms with van der Waals surface area (Å²) in [6.45, 7) is 4.47. The van der Waals surface area contributed by atoms with Crippen molar-refractivity contribution >= 4 is 42.3 Å². The highest BCUT2D eigenvalue weighted by atomic mass is 32.1. The zero-order valence-corrected chi connectivity index (χ0v) is 17.2. The van der Waals surface area contributed by atoms with E-state index in [0.29, 0.717) is 0 Å². The van der Waals surface area contributed by atoms with Crippen LogP contribution in [0, 0.1) is 5.92 Å². The maximum atomic E-state index is 12.6. The van der Waals surface area contributed by atoms with Gasteiger partial charge in [-0.15, -0.1) is 0 Å². The van der Waals surface area contributed by atoms with Gasteiger partial charge in [-0.3, -0.25) is 19.2 Å². The smallest absolute Gasteiger partial charge is 0.327 e. The molecule has 13 heteroatoms. The fourth-order valence-electron chi connectivity index (χ4n) is 2.11. The van der Waals surface area contributed by atoms with Crippen molar-refractivity contribution in [2.24, 2.45) is 11.7 Å². The highest BCUT2D eigenvalue weighted by molar-refractivity contribution is 7.80. The van der Waals surface area contributed by atoms with E-state index in [4.69, 9.17) is 15.9 Å². The molecule has 0 spiro atoms. The number of aliphatic hydroxyl groups excluding tert-OH is 1. The first-order chi connectivity index (χ1) is 13.3. The number of thiol groups is 1. The van der Waals surface area contributed by atoms with Crippen LogP contribution in [0.15, 0.2) is 0 Å². The third kappa shape index (κ3) is 9.11. The Balaban J connectivity index is 5.38. The summed E-state index contributed by atoms with van der Waals surface area (Å²) in [4.78, 5) is 59.0. The van der Waals surface area contributed by atoms with Crippen LogP contribution in [-0.4, -0.2) is 81.0 Å². The first kappa shape index (κ1) is 26.6. The van der Waals surface area contributed by atoms with E-state index in [2.05, 4.69) is 28.6 Å². The Bertz CT molecular complexity index is 628. The van der Waals surface area contributed by atoms with Crippen molar-refractivity contribution in [3.8, 4) is 0 Å². The van der Waals surface area contributed by atoms with E-state index in [0.717, 1.165) is 0 Å². The molecule has 5 atom stereocenters. The van der Waals surface area contributed by atoms with E-state index >= 15 is 0 Å². The molecule has 0 aromatic carbocycles. The quantitative estimate of drug-likeness (QED) is 0.149. The van der Waals surface area contributed by atoms with Crippen molar-refractivity contribution in [3.63, 3.8) is 0 Å². The minimum Gasteiger partial charge on any atom is -0.481 e. The van der Waals surface area contributed by atoms with Crippen LogP contribution in [0.1, 0.15) is 27.2 Å². The predicted molar refractivity (Wildman–Crippen MR) is 104 cm³/mol. The third-order valence-corrected chi connectivity index (χ3v) is 4.24. The normalized spacial score (nSPS) is 16.1. The summed E-state index contributed by atoms with van der Waals surface area (Å²) in [6.07, 6.45) is -1.99. The minimum absolute atomic E-state index is 0.253. The first-order valence-electron chi connectivity index (χ1n) is 8.72. The molecule has 0 radical (unpaired) electrons. The number of carboxylic acid groups (broad SMARTS) is 2. The second kappa shape index (κ2) is 12.2. The van der Waals surface area contributed by atoms with E-state index < -0.39 is 72.3 Å². The molecular formula is C16H28N4O8S. The van der Waals surface area contributed by atoms with Gasteiger partial charge in [-0.1, -0.05) is 13.8 Å². The Kier molecular flexibility index (Phi) is 11.2. The number of nitrogens with one attached hydrogen (secondary N) is 3. The van der Waals surface area contributed by atoms with Crippen LogP contribution >= 0.6 is 12.6 Å². The van der Waals surface area contributed by atoms with Gasteiger partial charge in [-0.25, -0.2) is 4.79 Å². The van der Waals surface area contributed by atoms with Crippen molar-refractivity contribution in [2.45, 2.75) is 57.5 Å². The van der Waals surface area contributed by atoms with Gasteiger partial charge in [0.05, 0.1) is 12.5 Å². The largest absolute Gasteiger partial charge is 0.481 e. The van der Waals surface area contributed by atoms with Gasteiger partial charge in [0.15, 0.2) is 0 Å². The molecule has 0 saturated carbocycles. The van der Waals surface area contributed by atoms with Crippen LogP contribution in [-0.2, 0) is 24.0 Å². The van der Waals surface area contributed by atoms with Crippen molar-refractivity contribution < 1.29 is 39.3 Å². The lowest BCUT2D eigenvalue weighted by molar-refractivity contribution is -0.143. The van der Waals surface area contributed by atoms with Crippen LogP contribution in [0.3, 0.4) is 0 Å². The van der Waals surface area contributed by atoms with E-state index in [1.165, 1.54) is 6.92 Å². The van der Waals surface area contributed by atoms with Crippen LogP contribution in [0.4, 0.5) is 0 Å². The zero-order valence-electron chi connectivity index (χ0n) is 16.3. The van der Waals surface area contributed by atoms with Crippen molar-refractivity contribution in [1.29, 1.82) is 0 Å². The lowest BCUT2D eigenvalue weighted by Gasteiger charge is -2.26. The molecule has 166 valence electrons. The SMILES string of the molecule is CC(C)C(NC(=O)C(N)C(C)O)C(=O)NC(CC(=O)O)C(=O)NC(CS)C(=O)O. The van der Waals surface area contributed by atoms with Gasteiger partial charge in [0, 0.05) is 5.75 Å². The highest BCUT2D eigenvalue weighted by Crippen LogP contribution is 2.05. The molecule has 0 aliphatic carbocycles. The molecule has 0 aromatic heterocycles. The molecular weight excluding hydrogens is 408 g/mol. The van der Waals surface area contributed by atoms with E-state index in [1.54, 1.807) is 13.8 Å². The lowest BCUT2D eigenvalue weighted by Crippen LogP contribution is -2.59. The Morgan fingerprint density at radius 1 is 0.897 bits per heavy atom. The molecule has 0 fully saturated rings. The van der Waals surface area contributed by atoms with Crippen LogP contribution < -0.4 is 21.7 Å². The number of carbonyl (C=O) groups excluding carboxylic acids is 3. The van der Waals surface area contributed by atoms with Gasteiger partial charge in [0.25, 0.3) is 0 Å². The topological polar surface area (TPSA) is 208 Å². The maximum absolute atomic E-state index is 12.6. The molecule has 0 rings (SSSR count). The number of nitrogens with two attached hydrogens (primary N) is 1. The van der Waals surface area contributed by atoms with Gasteiger partial charge in [-0.2, -0.15) is 12.6 Å². The molecule has 5 unspecified atom stereocenters. The number of rotatable bonds is 12.